The van der Waals surface area contributed by atoms with Gasteiger partial charge in [-0.15, -0.1) is 0 Å². The monoisotopic (exact) mass is 327 g/mol. The van der Waals surface area contributed by atoms with Crippen molar-refractivity contribution in [2.45, 2.75) is 0 Å². The van der Waals surface area contributed by atoms with Gasteiger partial charge in [0.25, 0.3) is 0 Å². The number of hydrogen-bond acceptors (Lipinski definition) is 2. The Labute approximate surface area is 63.7 Å². The van der Waals surface area contributed by atoms with Gasteiger partial charge in [0.1, 0.15) is 0 Å². The maximum absolute atomic E-state index is 10.1. The van der Waals surface area contributed by atoms with Crippen LogP contribution in [0.15, 0.2) is 0 Å². The van der Waals surface area contributed by atoms with Crippen LogP contribution in [-0.4, -0.2) is 23.1 Å². The third-order valence-electron chi connectivity index (χ3n) is 0.471. The quantitative estimate of drug-likeness (QED) is 0.336. The third-order valence-corrected chi connectivity index (χ3v) is 4.10. The topological polar surface area (TPSA) is 26.3 Å². The SMILES string of the molecule is CN([O-])CC[I-]I. The van der Waals surface area contributed by atoms with Crippen molar-refractivity contribution in [2.75, 3.05) is 18.0 Å². The van der Waals surface area contributed by atoms with Crippen LogP contribution in [0.4, 0.5) is 0 Å². The summed E-state index contributed by atoms with van der Waals surface area (Å²) in [6, 6.07) is 0. The molecule has 0 rings (SSSR count). The first-order valence-electron chi connectivity index (χ1n) is 1.86. The van der Waals surface area contributed by atoms with Crippen LogP contribution in [0.1, 0.15) is 0 Å². The molecule has 7 heavy (non-hydrogen) atoms. The maximum atomic E-state index is 10.1. The van der Waals surface area contributed by atoms with Crippen LogP contribution in [0.2, 0.25) is 0 Å². The van der Waals surface area contributed by atoms with Crippen LogP contribution < -0.4 is 17.2 Å². The van der Waals surface area contributed by atoms with E-state index in [1.165, 1.54) is 0 Å². The number of alkyl halides is 1. The Morgan fingerprint density at radius 2 is 2.43 bits per heavy atom. The molecule has 0 saturated carbocycles. The van der Waals surface area contributed by atoms with Gasteiger partial charge in [-0.3, -0.25) is 0 Å². The van der Waals surface area contributed by atoms with E-state index in [0.717, 1.165) is 16.0 Å². The standard InChI is InChI=1S/C3H7I2NO/c1-6(7)3-2-5-4/h2-3H2,1H3/q-2. The summed E-state index contributed by atoms with van der Waals surface area (Å²) in [5.41, 5.74) is 0. The van der Waals surface area contributed by atoms with Crippen molar-refractivity contribution in [1.82, 2.24) is 5.06 Å². The van der Waals surface area contributed by atoms with Crippen LogP contribution in [0.25, 0.3) is 0 Å². The number of halogens is 2. The molecule has 0 amide bonds. The van der Waals surface area contributed by atoms with E-state index in [9.17, 15) is 5.21 Å². The van der Waals surface area contributed by atoms with Gasteiger partial charge < -0.3 is 0 Å². The Morgan fingerprint density at radius 3 is 2.57 bits per heavy atom. The summed E-state index contributed by atoms with van der Waals surface area (Å²) in [5, 5.41) is 11.1. The van der Waals surface area contributed by atoms with Crippen LogP contribution in [0, 0.1) is 5.21 Å². The molecule has 0 unspecified atom stereocenters. The van der Waals surface area contributed by atoms with Crippen molar-refractivity contribution in [3.05, 3.63) is 5.21 Å². The van der Waals surface area contributed by atoms with Crippen LogP contribution in [0.3, 0.4) is 0 Å². The normalized spacial score (nSPS) is 10.9. The van der Waals surface area contributed by atoms with Crippen LogP contribution in [0.5, 0.6) is 0 Å². The summed E-state index contributed by atoms with van der Waals surface area (Å²) in [7, 11) is 1.57. The van der Waals surface area contributed by atoms with E-state index in [0.29, 0.717) is 17.2 Å². The average Bonchev–Trinajstić information content (AvgIpc) is 1.61. The molecule has 0 saturated heterocycles. The fourth-order valence-electron chi connectivity index (χ4n) is 0.151. The molecule has 0 bridgehead atoms. The van der Waals surface area contributed by atoms with Gasteiger partial charge in [-0.05, 0) is 0 Å². The van der Waals surface area contributed by atoms with Crippen molar-refractivity contribution in [2.24, 2.45) is 0 Å². The summed E-state index contributed by atoms with van der Waals surface area (Å²) in [6.07, 6.45) is 0. The molecule has 0 aromatic heterocycles. The Hall–Kier alpha value is 1.38. The first-order chi connectivity index (χ1) is 3.27. The van der Waals surface area contributed by atoms with Gasteiger partial charge in [0.05, 0.1) is 0 Å². The average molecular weight is 327 g/mol. The molecule has 0 atom stereocenters. The van der Waals surface area contributed by atoms with E-state index in [2.05, 4.69) is 18.6 Å². The first-order valence-corrected chi connectivity index (χ1v) is 9.67. The molecule has 4 heteroatoms. The van der Waals surface area contributed by atoms with Gasteiger partial charge in [-0.25, -0.2) is 0 Å². The number of hydrogen-bond donors (Lipinski definition) is 0. The van der Waals surface area contributed by atoms with Gasteiger partial charge in [-0.1, -0.05) is 0 Å². The fourth-order valence-corrected chi connectivity index (χ4v) is 2.24. The summed E-state index contributed by atoms with van der Waals surface area (Å²) in [6.45, 7) is 0.718. The van der Waals surface area contributed by atoms with E-state index in [1.54, 1.807) is 7.05 Å². The first kappa shape index (κ1) is 8.38. The number of rotatable bonds is 3. The van der Waals surface area contributed by atoms with E-state index < -0.39 is 0 Å². The molecule has 0 aromatic carbocycles. The Kier molecular flexibility index (Phi) is 6.60. The predicted octanol–water partition coefficient (Wildman–Crippen LogP) is -2.14. The molecule has 46 valence electrons. The Morgan fingerprint density at radius 1 is 1.86 bits per heavy atom. The van der Waals surface area contributed by atoms with Gasteiger partial charge >= 0.3 is 64.1 Å². The molecule has 2 nitrogen and oxygen atoms in total. The van der Waals surface area contributed by atoms with Crippen molar-refractivity contribution in [3.8, 4) is 0 Å². The summed E-state index contributed by atoms with van der Waals surface area (Å²) < 4.78 is 1.11. The molecular weight excluding hydrogens is 320 g/mol. The minimum atomic E-state index is 0.302. The van der Waals surface area contributed by atoms with Crippen molar-refractivity contribution in [1.29, 1.82) is 0 Å². The molecule has 0 heterocycles. The molecule has 0 aromatic rings. The van der Waals surface area contributed by atoms with E-state index in [-0.39, 0.29) is 0 Å². The second-order valence-electron chi connectivity index (χ2n) is 1.14. The zero-order chi connectivity index (χ0) is 5.70. The molecule has 0 N–H and O–H groups in total. The zero-order valence-electron chi connectivity index (χ0n) is 4.03. The second-order valence-corrected chi connectivity index (χ2v) is 6.66. The molecule has 0 spiro atoms. The van der Waals surface area contributed by atoms with E-state index >= 15 is 0 Å². The minimum absolute atomic E-state index is 0.302. The van der Waals surface area contributed by atoms with Crippen molar-refractivity contribution in [3.63, 3.8) is 0 Å². The van der Waals surface area contributed by atoms with Crippen molar-refractivity contribution >= 4 is 18.6 Å². The van der Waals surface area contributed by atoms with Gasteiger partial charge in [0.15, 0.2) is 0 Å². The Bertz CT molecular complexity index is 41.9. The predicted molar refractivity (Wildman–Crippen MR) is 34.9 cm³/mol. The van der Waals surface area contributed by atoms with Crippen LogP contribution in [-0.2, 0) is 0 Å². The summed E-state index contributed by atoms with van der Waals surface area (Å²) in [5.74, 6) is 0. The molecular formula is C3H7I2NO-2. The number of nitrogens with zero attached hydrogens (tertiary/aromatic N) is 1. The molecule has 0 aliphatic rings. The second kappa shape index (κ2) is 5.52. The van der Waals surface area contributed by atoms with Gasteiger partial charge in [-0.2, -0.15) is 0 Å². The molecule has 0 radical (unpaired) electrons. The molecule has 0 aliphatic heterocycles. The summed E-state index contributed by atoms with van der Waals surface area (Å²) >= 11 is 2.67. The van der Waals surface area contributed by atoms with E-state index in [1.807, 2.05) is 0 Å². The number of hydroxylamine groups is 2. The van der Waals surface area contributed by atoms with Gasteiger partial charge in [0, 0.05) is 0 Å². The molecule has 0 aliphatic carbocycles. The fraction of sp³-hybridized carbons (Fsp3) is 1.00. The third kappa shape index (κ3) is 7.38. The van der Waals surface area contributed by atoms with Crippen LogP contribution >= 0.6 is 18.6 Å². The van der Waals surface area contributed by atoms with E-state index in [4.69, 9.17) is 0 Å². The Balaban J connectivity index is 2.68. The van der Waals surface area contributed by atoms with Gasteiger partial charge in [0.2, 0.25) is 0 Å². The zero-order valence-corrected chi connectivity index (χ0v) is 8.34. The summed E-state index contributed by atoms with van der Waals surface area (Å²) in [4.78, 5) is 0. The molecule has 0 fully saturated rings. The van der Waals surface area contributed by atoms with Crippen molar-refractivity contribution < 1.29 is 17.2 Å².